The predicted octanol–water partition coefficient (Wildman–Crippen LogP) is 4.73. The fourth-order valence-electron chi connectivity index (χ4n) is 0.474. The molecule has 0 bridgehead atoms. The third kappa shape index (κ3) is 52.0. The van der Waals surface area contributed by atoms with E-state index in [9.17, 15) is 0 Å². The standard InChI is InChI=1S/C6H13N.2C2H6.C2H4/c1-4-5-6(2)7-3;3*1-2/h4-5H2,1-3H3;2*1-2H3;1-2H2. The summed E-state index contributed by atoms with van der Waals surface area (Å²) in [5.41, 5.74) is 1.25. The van der Waals surface area contributed by atoms with Crippen LogP contribution in [0.25, 0.3) is 0 Å². The molecule has 0 aromatic carbocycles. The molecule has 0 rings (SSSR count). The second-order valence-electron chi connectivity index (χ2n) is 1.71. The van der Waals surface area contributed by atoms with Crippen LogP contribution < -0.4 is 0 Å². The minimum atomic E-state index is 1.15. The van der Waals surface area contributed by atoms with Crippen LogP contribution in [-0.4, -0.2) is 12.8 Å². The molecule has 0 atom stereocenters. The molecule has 0 aliphatic carbocycles. The van der Waals surface area contributed by atoms with Gasteiger partial charge in [-0.25, -0.2) is 0 Å². The van der Waals surface area contributed by atoms with E-state index in [1.54, 1.807) is 0 Å². The van der Waals surface area contributed by atoms with Gasteiger partial charge >= 0.3 is 0 Å². The van der Waals surface area contributed by atoms with E-state index in [2.05, 4.69) is 32.0 Å². The van der Waals surface area contributed by atoms with Crippen LogP contribution >= 0.6 is 0 Å². The first kappa shape index (κ1) is 22.8. The van der Waals surface area contributed by atoms with E-state index in [0.717, 1.165) is 6.42 Å². The van der Waals surface area contributed by atoms with Gasteiger partial charge in [-0.1, -0.05) is 41.0 Å². The number of hydrogen-bond acceptors (Lipinski definition) is 1. The first-order valence-electron chi connectivity index (χ1n) is 5.23. The molecule has 0 unspecified atom stereocenters. The van der Waals surface area contributed by atoms with Crippen LogP contribution in [0.3, 0.4) is 0 Å². The highest BCUT2D eigenvalue weighted by molar-refractivity contribution is 5.81. The molecule has 1 nitrogen and oxygen atoms in total. The van der Waals surface area contributed by atoms with Gasteiger partial charge in [0.2, 0.25) is 0 Å². The Morgan fingerprint density at radius 1 is 1.08 bits per heavy atom. The molecule has 0 aliphatic heterocycles. The number of hydrogen-bond donors (Lipinski definition) is 0. The van der Waals surface area contributed by atoms with Crippen molar-refractivity contribution in [2.75, 3.05) is 7.05 Å². The van der Waals surface area contributed by atoms with E-state index in [1.165, 1.54) is 12.1 Å². The molecular weight excluding hydrogens is 158 g/mol. The van der Waals surface area contributed by atoms with Gasteiger partial charge < -0.3 is 0 Å². The molecule has 13 heavy (non-hydrogen) atoms. The number of nitrogens with zero attached hydrogens (tertiary/aromatic N) is 1. The highest BCUT2D eigenvalue weighted by atomic mass is 14.7. The van der Waals surface area contributed by atoms with E-state index in [1.807, 2.05) is 34.7 Å². The van der Waals surface area contributed by atoms with Crippen LogP contribution in [0.5, 0.6) is 0 Å². The van der Waals surface area contributed by atoms with Crippen molar-refractivity contribution < 1.29 is 0 Å². The Morgan fingerprint density at radius 3 is 1.46 bits per heavy atom. The second kappa shape index (κ2) is 42.2. The average molecular weight is 187 g/mol. The molecule has 0 radical (unpaired) electrons. The van der Waals surface area contributed by atoms with Crippen LogP contribution in [-0.2, 0) is 0 Å². The lowest BCUT2D eigenvalue weighted by Gasteiger charge is -1.89. The molecule has 0 fully saturated rings. The zero-order valence-corrected chi connectivity index (χ0v) is 10.8. The minimum absolute atomic E-state index is 1.15. The van der Waals surface area contributed by atoms with Crippen LogP contribution in [0.1, 0.15) is 54.4 Å². The van der Waals surface area contributed by atoms with Crippen molar-refractivity contribution in [3.05, 3.63) is 13.2 Å². The van der Waals surface area contributed by atoms with Gasteiger partial charge in [0, 0.05) is 12.8 Å². The quantitative estimate of drug-likeness (QED) is 0.437. The average Bonchev–Trinajstić information content (AvgIpc) is 2.27. The summed E-state index contributed by atoms with van der Waals surface area (Å²) in [6.45, 7) is 18.2. The van der Waals surface area contributed by atoms with Crippen LogP contribution in [0.4, 0.5) is 0 Å². The summed E-state index contributed by atoms with van der Waals surface area (Å²) in [4.78, 5) is 3.99. The molecule has 0 spiro atoms. The largest absolute Gasteiger partial charge is 0.298 e. The van der Waals surface area contributed by atoms with Crippen molar-refractivity contribution in [2.24, 2.45) is 4.99 Å². The second-order valence-corrected chi connectivity index (χ2v) is 1.71. The van der Waals surface area contributed by atoms with Gasteiger partial charge in [-0.2, -0.15) is 0 Å². The molecule has 1 heteroatoms. The van der Waals surface area contributed by atoms with Crippen LogP contribution in [0.15, 0.2) is 18.2 Å². The van der Waals surface area contributed by atoms with Crippen molar-refractivity contribution in [1.29, 1.82) is 0 Å². The van der Waals surface area contributed by atoms with Gasteiger partial charge in [0.05, 0.1) is 0 Å². The normalized spacial score (nSPS) is 7.77. The summed E-state index contributed by atoms with van der Waals surface area (Å²) < 4.78 is 0. The van der Waals surface area contributed by atoms with Gasteiger partial charge in [0.1, 0.15) is 0 Å². The molecule has 0 amide bonds. The van der Waals surface area contributed by atoms with Crippen molar-refractivity contribution in [2.45, 2.75) is 54.4 Å². The fourth-order valence-corrected chi connectivity index (χ4v) is 0.474. The molecule has 0 aliphatic rings. The third-order valence-electron chi connectivity index (χ3n) is 0.994. The molecule has 0 heterocycles. The zero-order chi connectivity index (χ0) is 11.7. The Kier molecular flexibility index (Phi) is 74.2. The number of rotatable bonds is 2. The van der Waals surface area contributed by atoms with E-state index in [-0.39, 0.29) is 0 Å². The third-order valence-corrected chi connectivity index (χ3v) is 0.994. The van der Waals surface area contributed by atoms with Crippen LogP contribution in [0, 0.1) is 0 Å². The lowest BCUT2D eigenvalue weighted by Crippen LogP contribution is -1.86. The Balaban J connectivity index is -0.0000000573. The molecule has 0 saturated carbocycles. The summed E-state index contributed by atoms with van der Waals surface area (Å²) in [6.07, 6.45) is 2.36. The fraction of sp³-hybridized carbons (Fsp3) is 0.750. The van der Waals surface area contributed by atoms with E-state index >= 15 is 0 Å². The topological polar surface area (TPSA) is 12.4 Å². The summed E-state index contributed by atoms with van der Waals surface area (Å²) in [6, 6.07) is 0. The smallest absolute Gasteiger partial charge is 0.0276 e. The summed E-state index contributed by atoms with van der Waals surface area (Å²) >= 11 is 0. The first-order valence-corrected chi connectivity index (χ1v) is 5.23. The van der Waals surface area contributed by atoms with E-state index in [0.29, 0.717) is 0 Å². The predicted molar refractivity (Wildman–Crippen MR) is 67.9 cm³/mol. The van der Waals surface area contributed by atoms with Crippen molar-refractivity contribution in [1.82, 2.24) is 0 Å². The van der Waals surface area contributed by atoms with Crippen LogP contribution in [0.2, 0.25) is 0 Å². The molecule has 0 aromatic rings. The maximum absolute atomic E-state index is 3.99. The minimum Gasteiger partial charge on any atom is -0.298 e. The van der Waals surface area contributed by atoms with Gasteiger partial charge in [0.15, 0.2) is 0 Å². The highest BCUT2D eigenvalue weighted by Gasteiger charge is 1.81. The Bertz CT molecular complexity index is 75.2. The first-order chi connectivity index (χ1) is 6.31. The van der Waals surface area contributed by atoms with Crippen molar-refractivity contribution >= 4 is 5.71 Å². The van der Waals surface area contributed by atoms with Gasteiger partial charge in [-0.15, -0.1) is 13.2 Å². The lowest BCUT2D eigenvalue weighted by atomic mass is 10.2. The maximum atomic E-state index is 3.99. The summed E-state index contributed by atoms with van der Waals surface area (Å²) in [5, 5.41) is 0. The molecule has 82 valence electrons. The SMILES string of the molecule is C=C.CC.CC.CCCC(C)=NC. The maximum Gasteiger partial charge on any atom is 0.0276 e. The molecule has 0 aromatic heterocycles. The molecule has 0 N–H and O–H groups in total. The summed E-state index contributed by atoms with van der Waals surface area (Å²) in [7, 11) is 1.84. The Morgan fingerprint density at radius 2 is 1.38 bits per heavy atom. The zero-order valence-electron chi connectivity index (χ0n) is 10.8. The summed E-state index contributed by atoms with van der Waals surface area (Å²) in [5.74, 6) is 0. The number of aliphatic imine (C=N–C) groups is 1. The van der Waals surface area contributed by atoms with Gasteiger partial charge in [-0.3, -0.25) is 4.99 Å². The highest BCUT2D eigenvalue weighted by Crippen LogP contribution is 1.88. The van der Waals surface area contributed by atoms with E-state index < -0.39 is 0 Å². The lowest BCUT2D eigenvalue weighted by molar-refractivity contribution is 0.985. The van der Waals surface area contributed by atoms with Gasteiger partial charge in [0.25, 0.3) is 0 Å². The van der Waals surface area contributed by atoms with Crippen molar-refractivity contribution in [3.63, 3.8) is 0 Å². The molecular formula is C12H29N. The molecule has 0 saturated heterocycles. The Labute approximate surface area is 86.0 Å². The van der Waals surface area contributed by atoms with Crippen molar-refractivity contribution in [3.8, 4) is 0 Å². The Hall–Kier alpha value is -0.590. The monoisotopic (exact) mass is 187 g/mol. The van der Waals surface area contributed by atoms with E-state index in [4.69, 9.17) is 0 Å². The van der Waals surface area contributed by atoms with Gasteiger partial charge in [-0.05, 0) is 13.3 Å².